The number of amides is 1. The molecule has 3 nitrogen and oxygen atoms in total. The van der Waals surface area contributed by atoms with Crippen molar-refractivity contribution in [1.82, 2.24) is 10.6 Å². The Bertz CT molecular complexity index is 202. The summed E-state index contributed by atoms with van der Waals surface area (Å²) in [6, 6.07) is 0. The zero-order valence-electron chi connectivity index (χ0n) is 11.5. The predicted octanol–water partition coefficient (Wildman–Crippen LogP) is 2.32. The van der Waals surface area contributed by atoms with Crippen molar-refractivity contribution in [1.29, 1.82) is 0 Å². The second-order valence-electron chi connectivity index (χ2n) is 5.00. The van der Waals surface area contributed by atoms with Crippen LogP contribution in [0.4, 0.5) is 0 Å². The van der Waals surface area contributed by atoms with Gasteiger partial charge in [0.05, 0.1) is 5.54 Å². The third kappa shape index (κ3) is 5.50. The predicted molar refractivity (Wildman–Crippen MR) is 69.5 cm³/mol. The lowest BCUT2D eigenvalue weighted by Crippen LogP contribution is -2.51. The Morgan fingerprint density at radius 1 is 1.31 bits per heavy atom. The highest BCUT2D eigenvalue weighted by Gasteiger charge is 2.25. The quantitative estimate of drug-likeness (QED) is 0.669. The highest BCUT2D eigenvalue weighted by Crippen LogP contribution is 2.11. The van der Waals surface area contributed by atoms with Crippen LogP contribution in [0.3, 0.4) is 0 Å². The van der Waals surface area contributed by atoms with Gasteiger partial charge in [0.15, 0.2) is 0 Å². The van der Waals surface area contributed by atoms with Crippen LogP contribution in [-0.4, -0.2) is 25.0 Å². The van der Waals surface area contributed by atoms with E-state index in [0.717, 1.165) is 13.0 Å². The fourth-order valence-electron chi connectivity index (χ4n) is 1.51. The molecule has 0 aliphatic rings. The first kappa shape index (κ1) is 15.4. The molecule has 0 rings (SSSR count). The Balaban J connectivity index is 3.97. The van der Waals surface area contributed by atoms with E-state index in [2.05, 4.69) is 24.5 Å². The molecule has 2 N–H and O–H groups in total. The summed E-state index contributed by atoms with van der Waals surface area (Å²) < 4.78 is 0. The molecule has 1 unspecified atom stereocenters. The Kier molecular flexibility index (Phi) is 7.39. The average molecular weight is 228 g/mol. The molecule has 0 spiro atoms. The fourth-order valence-corrected chi connectivity index (χ4v) is 1.51. The molecule has 3 heteroatoms. The third-order valence-electron chi connectivity index (χ3n) is 3.29. The molecular formula is C13H28N2O. The Labute approximate surface area is 100 Å². The standard InChI is InChI=1S/C13H28N2O/c1-6-8-9-11(7-2)10-15-12(16)13(3,4)14-5/h11,14H,6-10H2,1-5H3,(H,15,16). The van der Waals surface area contributed by atoms with Crippen LogP contribution in [-0.2, 0) is 4.79 Å². The van der Waals surface area contributed by atoms with Gasteiger partial charge < -0.3 is 10.6 Å². The van der Waals surface area contributed by atoms with Crippen LogP contribution in [0, 0.1) is 5.92 Å². The van der Waals surface area contributed by atoms with Crippen LogP contribution in [0.25, 0.3) is 0 Å². The highest BCUT2D eigenvalue weighted by molar-refractivity contribution is 5.85. The van der Waals surface area contributed by atoms with Crippen LogP contribution in [0.5, 0.6) is 0 Å². The zero-order valence-corrected chi connectivity index (χ0v) is 11.5. The summed E-state index contributed by atoms with van der Waals surface area (Å²) in [5.41, 5.74) is -0.469. The number of hydrogen-bond acceptors (Lipinski definition) is 2. The van der Waals surface area contributed by atoms with E-state index in [4.69, 9.17) is 0 Å². The smallest absolute Gasteiger partial charge is 0.239 e. The number of nitrogens with one attached hydrogen (secondary N) is 2. The molecule has 0 aromatic heterocycles. The van der Waals surface area contributed by atoms with Gasteiger partial charge in [0.1, 0.15) is 0 Å². The zero-order chi connectivity index (χ0) is 12.6. The van der Waals surface area contributed by atoms with Gasteiger partial charge in [-0.05, 0) is 33.2 Å². The van der Waals surface area contributed by atoms with E-state index in [0.29, 0.717) is 5.92 Å². The van der Waals surface area contributed by atoms with E-state index in [1.165, 1.54) is 19.3 Å². The molecule has 0 bridgehead atoms. The van der Waals surface area contributed by atoms with Crippen molar-refractivity contribution >= 4 is 5.91 Å². The van der Waals surface area contributed by atoms with Crippen molar-refractivity contribution in [2.75, 3.05) is 13.6 Å². The van der Waals surface area contributed by atoms with Crippen molar-refractivity contribution in [2.45, 2.75) is 58.9 Å². The molecule has 0 aromatic carbocycles. The lowest BCUT2D eigenvalue weighted by Gasteiger charge is -2.24. The van der Waals surface area contributed by atoms with Gasteiger partial charge in [-0.2, -0.15) is 0 Å². The number of rotatable bonds is 8. The van der Waals surface area contributed by atoms with Crippen molar-refractivity contribution < 1.29 is 4.79 Å². The van der Waals surface area contributed by atoms with E-state index in [9.17, 15) is 4.79 Å². The summed E-state index contributed by atoms with van der Waals surface area (Å²) in [4.78, 5) is 11.8. The largest absolute Gasteiger partial charge is 0.354 e. The second-order valence-corrected chi connectivity index (χ2v) is 5.00. The number of carbonyl (C=O) groups excluding carboxylic acids is 1. The lowest BCUT2D eigenvalue weighted by molar-refractivity contribution is -0.126. The molecule has 0 saturated carbocycles. The van der Waals surface area contributed by atoms with Gasteiger partial charge in [0, 0.05) is 6.54 Å². The van der Waals surface area contributed by atoms with Gasteiger partial charge in [-0.3, -0.25) is 4.79 Å². The van der Waals surface area contributed by atoms with E-state index < -0.39 is 5.54 Å². The third-order valence-corrected chi connectivity index (χ3v) is 3.29. The first-order valence-corrected chi connectivity index (χ1v) is 6.45. The highest BCUT2D eigenvalue weighted by atomic mass is 16.2. The summed E-state index contributed by atoms with van der Waals surface area (Å²) in [7, 11) is 1.81. The van der Waals surface area contributed by atoms with Gasteiger partial charge in [-0.1, -0.05) is 33.1 Å². The normalized spacial score (nSPS) is 13.6. The maximum Gasteiger partial charge on any atom is 0.239 e. The number of likely N-dealkylation sites (N-methyl/N-ethyl adjacent to an activating group) is 1. The van der Waals surface area contributed by atoms with Crippen molar-refractivity contribution in [3.8, 4) is 0 Å². The van der Waals surface area contributed by atoms with Crippen LogP contribution in [0.15, 0.2) is 0 Å². The second kappa shape index (κ2) is 7.66. The molecule has 1 atom stereocenters. The Morgan fingerprint density at radius 2 is 1.94 bits per heavy atom. The van der Waals surface area contributed by atoms with E-state index in [-0.39, 0.29) is 5.91 Å². The van der Waals surface area contributed by atoms with Gasteiger partial charge in [-0.25, -0.2) is 0 Å². The minimum Gasteiger partial charge on any atom is -0.354 e. The van der Waals surface area contributed by atoms with Crippen molar-refractivity contribution in [2.24, 2.45) is 5.92 Å². The monoisotopic (exact) mass is 228 g/mol. The molecule has 0 saturated heterocycles. The lowest BCUT2D eigenvalue weighted by atomic mass is 9.98. The Hall–Kier alpha value is -0.570. The number of carbonyl (C=O) groups is 1. The number of hydrogen-bond donors (Lipinski definition) is 2. The molecule has 0 radical (unpaired) electrons. The molecule has 1 amide bonds. The van der Waals surface area contributed by atoms with Crippen LogP contribution >= 0.6 is 0 Å². The van der Waals surface area contributed by atoms with Crippen LogP contribution < -0.4 is 10.6 Å². The van der Waals surface area contributed by atoms with Gasteiger partial charge >= 0.3 is 0 Å². The minimum atomic E-state index is -0.469. The fraction of sp³-hybridized carbons (Fsp3) is 0.923. The maximum absolute atomic E-state index is 11.8. The number of unbranched alkanes of at least 4 members (excludes halogenated alkanes) is 1. The van der Waals surface area contributed by atoms with E-state index in [1.807, 2.05) is 20.9 Å². The SMILES string of the molecule is CCCCC(CC)CNC(=O)C(C)(C)NC. The minimum absolute atomic E-state index is 0.0879. The van der Waals surface area contributed by atoms with Crippen molar-refractivity contribution in [3.63, 3.8) is 0 Å². The molecule has 16 heavy (non-hydrogen) atoms. The molecule has 0 aliphatic heterocycles. The molecule has 0 aromatic rings. The van der Waals surface area contributed by atoms with E-state index >= 15 is 0 Å². The first-order chi connectivity index (χ1) is 7.47. The van der Waals surface area contributed by atoms with Crippen LogP contribution in [0.2, 0.25) is 0 Å². The molecule has 0 heterocycles. The van der Waals surface area contributed by atoms with Crippen LogP contribution in [0.1, 0.15) is 53.4 Å². The van der Waals surface area contributed by atoms with Gasteiger partial charge in [0.25, 0.3) is 0 Å². The molecule has 0 fully saturated rings. The Morgan fingerprint density at radius 3 is 2.38 bits per heavy atom. The summed E-state index contributed by atoms with van der Waals surface area (Å²) in [5, 5.41) is 6.05. The summed E-state index contributed by atoms with van der Waals surface area (Å²) in [6.45, 7) is 9.00. The molecule has 0 aliphatic carbocycles. The van der Waals surface area contributed by atoms with Gasteiger partial charge in [0.2, 0.25) is 5.91 Å². The molecule has 96 valence electrons. The van der Waals surface area contributed by atoms with Gasteiger partial charge in [-0.15, -0.1) is 0 Å². The topological polar surface area (TPSA) is 41.1 Å². The first-order valence-electron chi connectivity index (χ1n) is 6.45. The van der Waals surface area contributed by atoms with Crippen molar-refractivity contribution in [3.05, 3.63) is 0 Å². The average Bonchev–Trinajstić information content (AvgIpc) is 2.28. The summed E-state index contributed by atoms with van der Waals surface area (Å²) >= 11 is 0. The molecular weight excluding hydrogens is 200 g/mol. The van der Waals surface area contributed by atoms with E-state index in [1.54, 1.807) is 0 Å². The maximum atomic E-state index is 11.8. The summed E-state index contributed by atoms with van der Waals surface area (Å²) in [6.07, 6.45) is 4.84. The summed E-state index contributed by atoms with van der Waals surface area (Å²) in [5.74, 6) is 0.710.